The monoisotopic (exact) mass is 394 g/mol. The maximum atomic E-state index is 13.1. The van der Waals surface area contributed by atoms with Crippen molar-refractivity contribution < 1.29 is 14.1 Å². The highest BCUT2D eigenvalue weighted by Gasteiger charge is 2.19. The number of ether oxygens (including phenoxy) is 1. The number of aromatic nitrogens is 2. The Morgan fingerprint density at radius 1 is 1.21 bits per heavy atom. The molecule has 0 saturated carbocycles. The third-order valence-electron chi connectivity index (χ3n) is 5.24. The van der Waals surface area contributed by atoms with Gasteiger partial charge in [0.05, 0.1) is 22.3 Å². The van der Waals surface area contributed by atoms with E-state index in [0.29, 0.717) is 46.1 Å². The summed E-state index contributed by atoms with van der Waals surface area (Å²) in [6.45, 7) is 9.38. The van der Waals surface area contributed by atoms with Crippen molar-refractivity contribution in [2.24, 2.45) is 0 Å². The van der Waals surface area contributed by atoms with Crippen LogP contribution < -0.4 is 10.1 Å². The third kappa shape index (κ3) is 4.24. The Morgan fingerprint density at radius 2 is 2.00 bits per heavy atom. The van der Waals surface area contributed by atoms with E-state index in [2.05, 4.69) is 20.4 Å². The molecular weight excluding hydrogens is 368 g/mol. The molecule has 29 heavy (non-hydrogen) atoms. The lowest BCUT2D eigenvalue weighted by molar-refractivity contribution is 0.102. The number of aryl methyl sites for hydroxylation is 3. The molecular formula is C22H26N4O3. The fourth-order valence-corrected chi connectivity index (χ4v) is 3.74. The molecule has 0 aliphatic carbocycles. The van der Waals surface area contributed by atoms with Crippen LogP contribution in [0.3, 0.4) is 0 Å². The number of anilines is 1. The lowest BCUT2D eigenvalue weighted by atomic mass is 10.1. The maximum absolute atomic E-state index is 13.1. The largest absolute Gasteiger partial charge is 0.490 e. The van der Waals surface area contributed by atoms with Crippen LogP contribution in [0.1, 0.15) is 40.2 Å². The smallest absolute Gasteiger partial charge is 0.258 e. The zero-order valence-electron chi connectivity index (χ0n) is 17.1. The average Bonchev–Trinajstić information content (AvgIpc) is 3.33. The predicted molar refractivity (Wildman–Crippen MR) is 112 cm³/mol. The fourth-order valence-electron chi connectivity index (χ4n) is 3.74. The Labute approximate surface area is 170 Å². The Hall–Kier alpha value is -2.93. The van der Waals surface area contributed by atoms with Crippen molar-refractivity contribution in [1.29, 1.82) is 0 Å². The zero-order chi connectivity index (χ0) is 20.4. The molecule has 1 N–H and O–H groups in total. The number of nitrogens with one attached hydrogen (secondary N) is 1. The van der Waals surface area contributed by atoms with Gasteiger partial charge in [-0.25, -0.2) is 4.98 Å². The number of nitrogens with zero attached hydrogens (tertiary/aromatic N) is 3. The second-order valence-corrected chi connectivity index (χ2v) is 7.61. The van der Waals surface area contributed by atoms with Crippen LogP contribution in [0.5, 0.6) is 5.75 Å². The number of carbonyl (C=O) groups is 1. The summed E-state index contributed by atoms with van der Waals surface area (Å²) in [5.74, 6) is 0.439. The Balaban J connectivity index is 1.55. The second-order valence-electron chi connectivity index (χ2n) is 7.61. The van der Waals surface area contributed by atoms with Gasteiger partial charge in [0, 0.05) is 12.2 Å². The number of rotatable bonds is 6. The van der Waals surface area contributed by atoms with Crippen LogP contribution in [-0.2, 0) is 0 Å². The van der Waals surface area contributed by atoms with Crippen molar-refractivity contribution >= 4 is 22.7 Å². The van der Waals surface area contributed by atoms with E-state index in [1.807, 2.05) is 32.0 Å². The van der Waals surface area contributed by atoms with E-state index in [1.165, 1.54) is 12.8 Å². The predicted octanol–water partition coefficient (Wildman–Crippen LogP) is 3.87. The fraction of sp³-hybridized carbons (Fsp3) is 0.409. The first-order valence-corrected chi connectivity index (χ1v) is 10.0. The molecule has 4 rings (SSSR count). The minimum atomic E-state index is -0.234. The molecule has 1 saturated heterocycles. The third-order valence-corrected chi connectivity index (χ3v) is 5.24. The first kappa shape index (κ1) is 19.4. The van der Waals surface area contributed by atoms with Gasteiger partial charge in [-0.2, -0.15) is 0 Å². The quantitative estimate of drug-likeness (QED) is 0.683. The molecule has 1 fully saturated rings. The van der Waals surface area contributed by atoms with Gasteiger partial charge in [-0.3, -0.25) is 9.69 Å². The highest BCUT2D eigenvalue weighted by atomic mass is 16.5. The Kier molecular flexibility index (Phi) is 5.49. The molecule has 0 bridgehead atoms. The van der Waals surface area contributed by atoms with Crippen molar-refractivity contribution in [3.8, 4) is 5.75 Å². The molecule has 3 aromatic rings. The molecule has 0 atom stereocenters. The first-order chi connectivity index (χ1) is 14.0. The van der Waals surface area contributed by atoms with Crippen molar-refractivity contribution in [2.75, 3.05) is 31.6 Å². The minimum Gasteiger partial charge on any atom is -0.490 e. The van der Waals surface area contributed by atoms with Crippen molar-refractivity contribution in [1.82, 2.24) is 15.0 Å². The molecule has 3 heterocycles. The normalized spacial score (nSPS) is 14.4. The van der Waals surface area contributed by atoms with Gasteiger partial charge >= 0.3 is 0 Å². The molecule has 0 radical (unpaired) electrons. The maximum Gasteiger partial charge on any atom is 0.258 e. The molecule has 7 heteroatoms. The minimum absolute atomic E-state index is 0.234. The van der Waals surface area contributed by atoms with E-state index >= 15 is 0 Å². The summed E-state index contributed by atoms with van der Waals surface area (Å²) in [6, 6.07) is 7.58. The van der Waals surface area contributed by atoms with Gasteiger partial charge in [-0.15, -0.1) is 0 Å². The van der Waals surface area contributed by atoms with Gasteiger partial charge in [0.25, 0.3) is 11.6 Å². The molecule has 0 spiro atoms. The number of benzene rings is 1. The first-order valence-electron chi connectivity index (χ1n) is 10.0. The van der Waals surface area contributed by atoms with Gasteiger partial charge in [-0.1, -0.05) is 11.2 Å². The van der Waals surface area contributed by atoms with Crippen LogP contribution in [0.15, 0.2) is 28.8 Å². The molecule has 7 nitrogen and oxygen atoms in total. The number of amides is 1. The summed E-state index contributed by atoms with van der Waals surface area (Å²) >= 11 is 0. The average molecular weight is 394 g/mol. The number of carbonyl (C=O) groups excluding carboxylic acids is 1. The molecule has 1 aliphatic rings. The standard InChI is InChI=1S/C22H26N4O3/c1-14-6-7-19(28-11-10-26-8-4-5-9-26)18(12-14)24-21(27)17-13-15(2)23-22-20(17)16(3)25-29-22/h6-7,12-13H,4-5,8-11H2,1-3H3,(H,24,27). The van der Waals surface area contributed by atoms with Gasteiger partial charge in [0.2, 0.25) is 0 Å². The summed E-state index contributed by atoms with van der Waals surface area (Å²) < 4.78 is 11.3. The van der Waals surface area contributed by atoms with Crippen LogP contribution >= 0.6 is 0 Å². The summed E-state index contributed by atoms with van der Waals surface area (Å²) in [4.78, 5) is 19.8. The van der Waals surface area contributed by atoms with Crippen molar-refractivity contribution in [3.05, 3.63) is 46.8 Å². The number of pyridine rings is 1. The summed E-state index contributed by atoms with van der Waals surface area (Å²) in [5, 5.41) is 7.59. The van der Waals surface area contributed by atoms with Crippen LogP contribution in [-0.4, -0.2) is 47.2 Å². The number of fused-ring (bicyclic) bond motifs is 1. The Morgan fingerprint density at radius 3 is 2.79 bits per heavy atom. The lowest BCUT2D eigenvalue weighted by Crippen LogP contribution is -2.25. The molecule has 152 valence electrons. The zero-order valence-corrected chi connectivity index (χ0v) is 17.1. The van der Waals surface area contributed by atoms with Gasteiger partial charge in [0.15, 0.2) is 0 Å². The van der Waals surface area contributed by atoms with Crippen LogP contribution in [0.25, 0.3) is 11.1 Å². The summed E-state index contributed by atoms with van der Waals surface area (Å²) in [6.07, 6.45) is 2.52. The van der Waals surface area contributed by atoms with E-state index in [0.717, 1.165) is 25.2 Å². The van der Waals surface area contributed by atoms with E-state index in [9.17, 15) is 4.79 Å². The van der Waals surface area contributed by atoms with Crippen molar-refractivity contribution in [3.63, 3.8) is 0 Å². The summed E-state index contributed by atoms with van der Waals surface area (Å²) in [5.41, 5.74) is 3.92. The van der Waals surface area contributed by atoms with Crippen LogP contribution in [0.4, 0.5) is 5.69 Å². The molecule has 0 unspecified atom stereocenters. The molecule has 1 aliphatic heterocycles. The number of hydrogen-bond acceptors (Lipinski definition) is 6. The Bertz CT molecular complexity index is 1040. The van der Waals surface area contributed by atoms with E-state index in [-0.39, 0.29) is 5.91 Å². The number of hydrogen-bond donors (Lipinski definition) is 1. The van der Waals surface area contributed by atoms with Crippen LogP contribution in [0, 0.1) is 20.8 Å². The second kappa shape index (κ2) is 8.21. The van der Waals surface area contributed by atoms with Gasteiger partial charge < -0.3 is 14.6 Å². The lowest BCUT2D eigenvalue weighted by Gasteiger charge is -2.17. The van der Waals surface area contributed by atoms with Crippen LogP contribution in [0.2, 0.25) is 0 Å². The summed E-state index contributed by atoms with van der Waals surface area (Å²) in [7, 11) is 0. The number of likely N-dealkylation sites (tertiary alicyclic amines) is 1. The van der Waals surface area contributed by atoms with E-state index < -0.39 is 0 Å². The molecule has 1 aromatic carbocycles. The van der Waals surface area contributed by atoms with Crippen molar-refractivity contribution in [2.45, 2.75) is 33.6 Å². The molecule has 1 amide bonds. The SMILES string of the molecule is Cc1ccc(OCCN2CCCC2)c(NC(=O)c2cc(C)nc3onc(C)c23)c1. The van der Waals surface area contributed by atoms with E-state index in [1.54, 1.807) is 13.0 Å². The van der Waals surface area contributed by atoms with Gasteiger partial charge in [0.1, 0.15) is 12.4 Å². The highest BCUT2D eigenvalue weighted by Crippen LogP contribution is 2.28. The van der Waals surface area contributed by atoms with E-state index in [4.69, 9.17) is 9.26 Å². The highest BCUT2D eigenvalue weighted by molar-refractivity contribution is 6.12. The topological polar surface area (TPSA) is 80.5 Å². The molecule has 2 aromatic heterocycles. The van der Waals surface area contributed by atoms with Gasteiger partial charge in [-0.05, 0) is 70.5 Å².